The van der Waals surface area contributed by atoms with E-state index in [1.807, 2.05) is 7.05 Å². The Morgan fingerprint density at radius 3 is 2.83 bits per heavy atom. The number of carbonyl (C=O) groups is 1. The maximum Gasteiger partial charge on any atom is 0.289 e. The number of carbonyl (C=O) groups excluding carboxylic acids is 1. The molecule has 0 aliphatic carbocycles. The van der Waals surface area contributed by atoms with E-state index in [4.69, 9.17) is 10.2 Å². The van der Waals surface area contributed by atoms with E-state index < -0.39 is 0 Å². The summed E-state index contributed by atoms with van der Waals surface area (Å²) in [5, 5.41) is 0. The van der Waals surface area contributed by atoms with Gasteiger partial charge in [0.2, 0.25) is 0 Å². The Hall–Kier alpha value is -3.26. The second kappa shape index (κ2) is 8.00. The van der Waals surface area contributed by atoms with Gasteiger partial charge in [-0.25, -0.2) is 14.4 Å². The van der Waals surface area contributed by atoms with Gasteiger partial charge in [0.25, 0.3) is 5.91 Å². The van der Waals surface area contributed by atoms with E-state index in [1.54, 1.807) is 41.4 Å². The molecule has 4 rings (SSSR count). The van der Waals surface area contributed by atoms with Crippen molar-refractivity contribution < 1.29 is 13.6 Å². The normalized spacial score (nSPS) is 16.5. The van der Waals surface area contributed by atoms with Crippen molar-refractivity contribution in [1.82, 2.24) is 19.8 Å². The Morgan fingerprint density at radius 2 is 2.07 bits per heavy atom. The molecule has 29 heavy (non-hydrogen) atoms. The third-order valence-electron chi connectivity index (χ3n) is 5.14. The van der Waals surface area contributed by atoms with Crippen molar-refractivity contribution in [3.63, 3.8) is 0 Å². The van der Waals surface area contributed by atoms with Gasteiger partial charge in [0.05, 0.1) is 6.54 Å². The van der Waals surface area contributed by atoms with E-state index in [0.717, 1.165) is 12.0 Å². The molecule has 1 aromatic carbocycles. The van der Waals surface area contributed by atoms with Crippen LogP contribution in [0.5, 0.6) is 0 Å². The fraction of sp³-hybridized carbons (Fsp3) is 0.286. The van der Waals surface area contributed by atoms with Crippen LogP contribution in [-0.4, -0.2) is 51.9 Å². The number of hydrogen-bond acceptors (Lipinski definition) is 6. The second-order valence-corrected chi connectivity index (χ2v) is 7.18. The average molecular weight is 395 g/mol. The molecule has 3 heterocycles. The zero-order chi connectivity index (χ0) is 20.4. The van der Waals surface area contributed by atoms with Gasteiger partial charge in [-0.05, 0) is 55.9 Å². The van der Waals surface area contributed by atoms with Crippen molar-refractivity contribution in [2.45, 2.75) is 19.0 Å². The fourth-order valence-corrected chi connectivity index (χ4v) is 3.51. The monoisotopic (exact) mass is 395 g/mol. The number of nitrogens with two attached hydrogens (primary N) is 1. The summed E-state index contributed by atoms with van der Waals surface area (Å²) >= 11 is 0. The molecule has 0 saturated carbocycles. The summed E-state index contributed by atoms with van der Waals surface area (Å²) in [5.41, 5.74) is 6.44. The number of nitrogen functional groups attached to an aromatic ring is 1. The summed E-state index contributed by atoms with van der Waals surface area (Å²) < 4.78 is 18.8. The third kappa shape index (κ3) is 4.27. The minimum Gasteiger partial charge on any atom is -0.451 e. The number of benzene rings is 1. The van der Waals surface area contributed by atoms with Crippen LogP contribution in [0.25, 0.3) is 11.3 Å². The Balaban J connectivity index is 1.38. The number of furan rings is 1. The molecular formula is C21H22FN5O2. The zero-order valence-corrected chi connectivity index (χ0v) is 16.1. The fourth-order valence-electron chi connectivity index (χ4n) is 3.51. The van der Waals surface area contributed by atoms with Gasteiger partial charge in [-0.2, -0.15) is 0 Å². The van der Waals surface area contributed by atoms with Crippen LogP contribution in [0.4, 0.5) is 10.2 Å². The van der Waals surface area contributed by atoms with Gasteiger partial charge in [0.1, 0.15) is 23.2 Å². The minimum absolute atomic E-state index is 0.144. The van der Waals surface area contributed by atoms with Gasteiger partial charge < -0.3 is 15.1 Å². The lowest BCUT2D eigenvalue weighted by Crippen LogP contribution is -2.36. The molecule has 7 nitrogen and oxygen atoms in total. The minimum atomic E-state index is -0.313. The van der Waals surface area contributed by atoms with Crippen molar-refractivity contribution in [3.8, 4) is 11.3 Å². The molecule has 1 atom stereocenters. The highest BCUT2D eigenvalue weighted by molar-refractivity contribution is 5.92. The van der Waals surface area contributed by atoms with Crippen LogP contribution in [0.2, 0.25) is 0 Å². The van der Waals surface area contributed by atoms with Crippen molar-refractivity contribution in [2.24, 2.45) is 0 Å². The maximum absolute atomic E-state index is 13.1. The maximum atomic E-state index is 13.1. The lowest BCUT2D eigenvalue weighted by molar-refractivity contribution is 0.0748. The molecule has 0 radical (unpaired) electrons. The second-order valence-electron chi connectivity index (χ2n) is 7.18. The van der Waals surface area contributed by atoms with Gasteiger partial charge in [-0.1, -0.05) is 0 Å². The number of likely N-dealkylation sites (tertiary alicyclic amines) is 1. The topological polar surface area (TPSA) is 88.5 Å². The summed E-state index contributed by atoms with van der Waals surface area (Å²) in [6.07, 6.45) is 2.50. The predicted molar refractivity (Wildman–Crippen MR) is 106 cm³/mol. The van der Waals surface area contributed by atoms with Crippen LogP contribution in [0, 0.1) is 5.82 Å². The number of halogens is 1. The summed E-state index contributed by atoms with van der Waals surface area (Å²) in [6, 6.07) is 11.2. The predicted octanol–water partition coefficient (Wildman–Crippen LogP) is 2.80. The molecule has 2 aromatic heterocycles. The molecule has 2 N–H and O–H groups in total. The largest absolute Gasteiger partial charge is 0.451 e. The van der Waals surface area contributed by atoms with Crippen LogP contribution < -0.4 is 5.73 Å². The molecular weight excluding hydrogens is 373 g/mol. The number of aromatic nitrogens is 2. The van der Waals surface area contributed by atoms with Gasteiger partial charge in [0.15, 0.2) is 5.76 Å². The smallest absolute Gasteiger partial charge is 0.289 e. The van der Waals surface area contributed by atoms with Crippen LogP contribution in [-0.2, 0) is 6.54 Å². The lowest BCUT2D eigenvalue weighted by Gasteiger charge is -2.23. The van der Waals surface area contributed by atoms with E-state index >= 15 is 0 Å². The number of likely N-dealkylation sites (N-methyl/N-ethyl adjacent to an activating group) is 1. The Morgan fingerprint density at radius 1 is 1.28 bits per heavy atom. The molecule has 1 aliphatic rings. The van der Waals surface area contributed by atoms with Crippen LogP contribution >= 0.6 is 0 Å². The zero-order valence-electron chi connectivity index (χ0n) is 16.1. The Bertz CT molecular complexity index is 1000. The van der Waals surface area contributed by atoms with E-state index in [9.17, 15) is 9.18 Å². The standard InChI is InChI=1S/C21H22FN5O2/c1-26(13-20-24-10-8-19(23)25-20)16-9-11-27(12-16)21(28)18-7-6-17(29-18)14-2-4-15(22)5-3-14/h2-8,10,16H,9,11-13H2,1H3,(H2,23,24,25)/t16-/m1/s1. The molecule has 0 bridgehead atoms. The summed E-state index contributed by atoms with van der Waals surface area (Å²) in [7, 11) is 1.99. The van der Waals surface area contributed by atoms with Crippen molar-refractivity contribution >= 4 is 11.7 Å². The van der Waals surface area contributed by atoms with Crippen molar-refractivity contribution in [2.75, 3.05) is 25.9 Å². The van der Waals surface area contributed by atoms with Gasteiger partial charge in [0, 0.05) is 30.9 Å². The van der Waals surface area contributed by atoms with Crippen molar-refractivity contribution in [3.05, 3.63) is 66.1 Å². The summed E-state index contributed by atoms with van der Waals surface area (Å²) in [4.78, 5) is 25.2. The molecule has 8 heteroatoms. The highest BCUT2D eigenvalue weighted by atomic mass is 19.1. The first-order valence-corrected chi connectivity index (χ1v) is 9.42. The highest BCUT2D eigenvalue weighted by Gasteiger charge is 2.31. The molecule has 3 aromatic rings. The molecule has 1 saturated heterocycles. The summed E-state index contributed by atoms with van der Waals surface area (Å²) in [5.74, 6) is 1.47. The summed E-state index contributed by atoms with van der Waals surface area (Å²) in [6.45, 7) is 1.82. The van der Waals surface area contributed by atoms with Gasteiger partial charge in [-0.15, -0.1) is 0 Å². The number of hydrogen-bond donors (Lipinski definition) is 1. The molecule has 0 spiro atoms. The van der Waals surface area contributed by atoms with Crippen LogP contribution in [0.1, 0.15) is 22.8 Å². The van der Waals surface area contributed by atoms with Crippen molar-refractivity contribution in [1.29, 1.82) is 0 Å². The third-order valence-corrected chi connectivity index (χ3v) is 5.14. The SMILES string of the molecule is CN(Cc1nccc(N)n1)[C@@H]1CCN(C(=O)c2ccc(-c3ccc(F)cc3)o2)C1. The first-order chi connectivity index (χ1) is 14.0. The Labute approximate surface area is 168 Å². The van der Waals surface area contributed by atoms with Crippen LogP contribution in [0.3, 0.4) is 0 Å². The molecule has 1 fully saturated rings. The number of nitrogens with zero attached hydrogens (tertiary/aromatic N) is 4. The van der Waals surface area contributed by atoms with Crippen LogP contribution in [0.15, 0.2) is 53.1 Å². The number of anilines is 1. The van der Waals surface area contributed by atoms with E-state index in [2.05, 4.69) is 14.9 Å². The number of rotatable bonds is 5. The molecule has 1 aliphatic heterocycles. The lowest BCUT2D eigenvalue weighted by atomic mass is 10.2. The van der Waals surface area contributed by atoms with E-state index in [1.165, 1.54) is 12.1 Å². The quantitative estimate of drug-likeness (QED) is 0.715. The number of amides is 1. The molecule has 0 unspecified atom stereocenters. The Kier molecular flexibility index (Phi) is 5.26. The first-order valence-electron chi connectivity index (χ1n) is 9.42. The first kappa shape index (κ1) is 19.1. The van der Waals surface area contributed by atoms with E-state index in [0.29, 0.717) is 37.0 Å². The molecule has 150 valence electrons. The van der Waals surface area contributed by atoms with E-state index in [-0.39, 0.29) is 23.5 Å². The van der Waals surface area contributed by atoms with Gasteiger partial charge >= 0.3 is 0 Å². The molecule has 1 amide bonds. The average Bonchev–Trinajstić information content (AvgIpc) is 3.38. The van der Waals surface area contributed by atoms with Gasteiger partial charge in [-0.3, -0.25) is 9.69 Å². The highest BCUT2D eigenvalue weighted by Crippen LogP contribution is 2.25.